The van der Waals surface area contributed by atoms with Gasteiger partial charge in [0.15, 0.2) is 0 Å². The summed E-state index contributed by atoms with van der Waals surface area (Å²) in [6.07, 6.45) is -0.968. The molecule has 0 radical (unpaired) electrons. The highest BCUT2D eigenvalue weighted by atomic mass is 35.5. The number of benzene rings is 2. The number of rotatable bonds is 6. The Morgan fingerprint density at radius 3 is 2.22 bits per heavy atom. The summed E-state index contributed by atoms with van der Waals surface area (Å²) in [7, 11) is 0. The maximum Gasteiger partial charge on any atom is 0.410 e. The molecule has 10 heteroatoms. The van der Waals surface area contributed by atoms with E-state index >= 15 is 0 Å². The Hall–Kier alpha value is -2.97. The lowest BCUT2D eigenvalue weighted by Gasteiger charge is -2.36. The number of amides is 3. The highest BCUT2D eigenvalue weighted by molar-refractivity contribution is 6.35. The van der Waals surface area contributed by atoms with Gasteiger partial charge in [-0.25, -0.2) is 9.59 Å². The van der Waals surface area contributed by atoms with Crippen LogP contribution in [0.15, 0.2) is 48.5 Å². The minimum absolute atomic E-state index is 0.160. The van der Waals surface area contributed by atoms with Crippen molar-refractivity contribution in [2.75, 3.05) is 26.2 Å². The molecule has 0 saturated carbocycles. The monoisotopic (exact) mass is 535 g/mol. The van der Waals surface area contributed by atoms with E-state index in [0.29, 0.717) is 41.8 Å². The fourth-order valence-electron chi connectivity index (χ4n) is 3.70. The quantitative estimate of drug-likeness (QED) is 0.567. The Bertz CT molecular complexity index is 1070. The van der Waals surface area contributed by atoms with Crippen LogP contribution in [0.2, 0.25) is 10.0 Å². The van der Waals surface area contributed by atoms with Crippen LogP contribution < -0.4 is 5.32 Å². The molecule has 1 heterocycles. The summed E-state index contributed by atoms with van der Waals surface area (Å²) in [6.45, 7) is 6.67. The zero-order valence-corrected chi connectivity index (χ0v) is 22.1. The first-order valence-electron chi connectivity index (χ1n) is 11.7. The van der Waals surface area contributed by atoms with Crippen molar-refractivity contribution in [3.63, 3.8) is 0 Å². The van der Waals surface area contributed by atoms with E-state index in [1.165, 1.54) is 0 Å². The fourth-order valence-corrected chi connectivity index (χ4v) is 4.18. The van der Waals surface area contributed by atoms with E-state index in [9.17, 15) is 14.4 Å². The van der Waals surface area contributed by atoms with Crippen LogP contribution in [0.1, 0.15) is 31.9 Å². The Balaban J connectivity index is 1.62. The summed E-state index contributed by atoms with van der Waals surface area (Å²) in [5, 5.41) is 3.56. The first-order valence-corrected chi connectivity index (χ1v) is 12.5. The molecule has 3 amide bonds. The number of nitrogens with one attached hydrogen (secondary N) is 1. The SMILES string of the molecule is CC(C)(C)OC(=O)NC(Cc1ccc(Cl)cc1Cl)C(=O)N1CCN(C(=O)OCc2ccccc2)CC1. The molecule has 1 N–H and O–H groups in total. The van der Waals surface area contributed by atoms with Crippen molar-refractivity contribution in [3.05, 3.63) is 69.7 Å². The maximum atomic E-state index is 13.4. The van der Waals surface area contributed by atoms with Gasteiger partial charge in [0, 0.05) is 42.6 Å². The minimum Gasteiger partial charge on any atom is -0.445 e. The number of alkyl carbamates (subject to hydrolysis) is 1. The largest absolute Gasteiger partial charge is 0.445 e. The third-order valence-electron chi connectivity index (χ3n) is 5.48. The molecular weight excluding hydrogens is 505 g/mol. The number of halogens is 2. The third kappa shape index (κ3) is 8.31. The van der Waals surface area contributed by atoms with Gasteiger partial charge in [0.2, 0.25) is 5.91 Å². The smallest absolute Gasteiger partial charge is 0.410 e. The van der Waals surface area contributed by atoms with E-state index in [2.05, 4.69) is 5.32 Å². The highest BCUT2D eigenvalue weighted by Crippen LogP contribution is 2.23. The Kier molecular flexibility index (Phi) is 9.45. The molecule has 0 bridgehead atoms. The number of hydrogen-bond donors (Lipinski definition) is 1. The van der Waals surface area contributed by atoms with Crippen molar-refractivity contribution < 1.29 is 23.9 Å². The van der Waals surface area contributed by atoms with Crippen molar-refractivity contribution >= 4 is 41.3 Å². The maximum absolute atomic E-state index is 13.4. The van der Waals surface area contributed by atoms with E-state index in [-0.39, 0.29) is 18.9 Å². The lowest BCUT2D eigenvalue weighted by Crippen LogP contribution is -2.56. The molecule has 1 atom stereocenters. The molecule has 1 aliphatic rings. The molecule has 1 aliphatic heterocycles. The molecule has 3 rings (SSSR count). The van der Waals surface area contributed by atoms with Gasteiger partial charge in [-0.3, -0.25) is 4.79 Å². The van der Waals surface area contributed by atoms with Gasteiger partial charge in [-0.1, -0.05) is 59.6 Å². The van der Waals surface area contributed by atoms with Crippen LogP contribution in [0.5, 0.6) is 0 Å². The molecule has 0 aromatic heterocycles. The number of piperazine rings is 1. The number of nitrogens with zero attached hydrogens (tertiary/aromatic N) is 2. The van der Waals surface area contributed by atoms with E-state index in [4.69, 9.17) is 32.7 Å². The second-order valence-corrected chi connectivity index (χ2v) is 10.3. The summed E-state index contributed by atoms with van der Waals surface area (Å²) >= 11 is 12.3. The topological polar surface area (TPSA) is 88.2 Å². The molecule has 1 unspecified atom stereocenters. The van der Waals surface area contributed by atoms with Crippen LogP contribution in [0.3, 0.4) is 0 Å². The van der Waals surface area contributed by atoms with Gasteiger partial charge in [-0.2, -0.15) is 0 Å². The summed E-state index contributed by atoms with van der Waals surface area (Å²) in [5.74, 6) is -0.288. The average molecular weight is 536 g/mol. The van der Waals surface area contributed by atoms with E-state index in [0.717, 1.165) is 5.56 Å². The molecule has 1 fully saturated rings. The van der Waals surface area contributed by atoms with Crippen LogP contribution in [-0.4, -0.2) is 65.7 Å². The molecule has 0 aliphatic carbocycles. The number of ether oxygens (including phenoxy) is 2. The first-order chi connectivity index (χ1) is 17.0. The van der Waals surface area contributed by atoms with Crippen molar-refractivity contribution in [2.45, 2.75) is 45.4 Å². The van der Waals surface area contributed by atoms with E-state index in [1.807, 2.05) is 30.3 Å². The fraction of sp³-hybridized carbons (Fsp3) is 0.423. The third-order valence-corrected chi connectivity index (χ3v) is 6.07. The molecule has 36 heavy (non-hydrogen) atoms. The van der Waals surface area contributed by atoms with Gasteiger partial charge >= 0.3 is 12.2 Å². The zero-order valence-electron chi connectivity index (χ0n) is 20.6. The first kappa shape index (κ1) is 27.6. The Labute approximate surface area is 221 Å². The van der Waals surface area contributed by atoms with Crippen molar-refractivity contribution in [1.82, 2.24) is 15.1 Å². The number of carbonyl (C=O) groups excluding carboxylic acids is 3. The lowest BCUT2D eigenvalue weighted by molar-refractivity contribution is -0.135. The molecule has 194 valence electrons. The minimum atomic E-state index is -0.907. The van der Waals surface area contributed by atoms with Gasteiger partial charge in [-0.15, -0.1) is 0 Å². The standard InChI is InChI=1S/C26H31Cl2N3O5/c1-26(2,3)36-24(33)29-22(15-19-9-10-20(27)16-21(19)28)23(32)30-11-13-31(14-12-30)25(34)35-17-18-7-5-4-6-8-18/h4-10,16,22H,11-15,17H2,1-3H3,(H,29,33). The van der Waals surface area contributed by atoms with Crippen LogP contribution in [0, 0.1) is 0 Å². The van der Waals surface area contributed by atoms with E-state index in [1.54, 1.807) is 48.8 Å². The van der Waals surface area contributed by atoms with Crippen LogP contribution in [0.25, 0.3) is 0 Å². The molecule has 8 nitrogen and oxygen atoms in total. The van der Waals surface area contributed by atoms with E-state index < -0.39 is 23.8 Å². The predicted molar refractivity (Wildman–Crippen MR) is 138 cm³/mol. The molecule has 2 aromatic rings. The second kappa shape index (κ2) is 12.3. The molecule has 1 saturated heterocycles. The highest BCUT2D eigenvalue weighted by Gasteiger charge is 2.32. The second-order valence-electron chi connectivity index (χ2n) is 9.49. The summed E-state index contributed by atoms with van der Waals surface area (Å²) in [4.78, 5) is 41.6. The molecule has 0 spiro atoms. The number of carbonyl (C=O) groups is 3. The Morgan fingerprint density at radius 2 is 1.61 bits per heavy atom. The summed E-state index contributed by atoms with van der Waals surface area (Å²) < 4.78 is 10.8. The van der Waals surface area contributed by atoms with Gasteiger partial charge < -0.3 is 24.6 Å². The van der Waals surface area contributed by atoms with Crippen molar-refractivity contribution in [2.24, 2.45) is 0 Å². The average Bonchev–Trinajstić information content (AvgIpc) is 2.83. The van der Waals surface area contributed by atoms with Gasteiger partial charge in [-0.05, 0) is 44.0 Å². The van der Waals surface area contributed by atoms with Crippen LogP contribution in [-0.2, 0) is 27.3 Å². The van der Waals surface area contributed by atoms with Crippen LogP contribution in [0.4, 0.5) is 9.59 Å². The molecule has 2 aromatic carbocycles. The summed E-state index contributed by atoms with van der Waals surface area (Å²) in [5.41, 5.74) is 0.844. The normalized spacial score (nSPS) is 14.7. The van der Waals surface area contributed by atoms with Crippen LogP contribution >= 0.6 is 23.2 Å². The number of hydrogen-bond acceptors (Lipinski definition) is 5. The van der Waals surface area contributed by atoms with Gasteiger partial charge in [0.1, 0.15) is 18.2 Å². The lowest BCUT2D eigenvalue weighted by atomic mass is 10.0. The van der Waals surface area contributed by atoms with Crippen molar-refractivity contribution in [1.29, 1.82) is 0 Å². The Morgan fingerprint density at radius 1 is 0.972 bits per heavy atom. The summed E-state index contributed by atoms with van der Waals surface area (Å²) in [6, 6.07) is 13.5. The zero-order chi connectivity index (χ0) is 26.3. The van der Waals surface area contributed by atoms with Crippen molar-refractivity contribution in [3.8, 4) is 0 Å². The predicted octanol–water partition coefficient (Wildman–Crippen LogP) is 4.91. The van der Waals surface area contributed by atoms with Gasteiger partial charge in [0.25, 0.3) is 0 Å². The molecular formula is C26H31Cl2N3O5. The van der Waals surface area contributed by atoms with Gasteiger partial charge in [0.05, 0.1) is 0 Å².